The molecule has 0 aliphatic heterocycles. The fraction of sp³-hybridized carbons (Fsp3) is 0. The summed E-state index contributed by atoms with van der Waals surface area (Å²) in [5.41, 5.74) is 4.48. The van der Waals surface area contributed by atoms with Gasteiger partial charge in [-0.25, -0.2) is 9.71 Å². The Balaban J connectivity index is 1.95. The van der Waals surface area contributed by atoms with E-state index in [1.807, 2.05) is 42.6 Å². The largest absolute Gasteiger partial charge is 0.711 e. The molecule has 5 heteroatoms. The maximum absolute atomic E-state index is 11.8. The zero-order valence-corrected chi connectivity index (χ0v) is 11.1. The van der Waals surface area contributed by atoms with E-state index in [1.165, 1.54) is 6.20 Å². The van der Waals surface area contributed by atoms with Gasteiger partial charge in [0, 0.05) is 5.56 Å². The molecule has 3 heterocycles. The Morgan fingerprint density at radius 1 is 1.00 bits per heavy atom. The van der Waals surface area contributed by atoms with Crippen LogP contribution in [0.4, 0.5) is 0 Å². The highest BCUT2D eigenvalue weighted by molar-refractivity contribution is 5.95. The molecule has 1 aromatic carbocycles. The van der Waals surface area contributed by atoms with Crippen LogP contribution in [-0.4, -0.2) is 15.2 Å². The molecule has 0 aliphatic carbocycles. The number of H-pyrrole nitrogens is 2. The van der Waals surface area contributed by atoms with Gasteiger partial charge in [-0.15, -0.1) is 0 Å². The fourth-order valence-electron chi connectivity index (χ4n) is 2.60. The molecule has 0 radical (unpaired) electrons. The first-order chi connectivity index (χ1) is 10.3. The lowest BCUT2D eigenvalue weighted by molar-refractivity contribution is -0.579. The molecule has 3 aromatic heterocycles. The first-order valence-corrected chi connectivity index (χ1v) is 6.63. The van der Waals surface area contributed by atoms with Gasteiger partial charge in [0.2, 0.25) is 0 Å². The Labute approximate surface area is 120 Å². The quantitative estimate of drug-likeness (QED) is 0.436. The summed E-state index contributed by atoms with van der Waals surface area (Å²) in [6, 6.07) is 13.7. The molecule has 2 N–H and O–H groups in total. The monoisotopic (exact) mass is 276 g/mol. The van der Waals surface area contributed by atoms with Crippen molar-refractivity contribution in [1.82, 2.24) is 15.2 Å². The van der Waals surface area contributed by atoms with Gasteiger partial charge < -0.3 is 5.21 Å². The molecule has 21 heavy (non-hydrogen) atoms. The molecule has 0 spiro atoms. The number of hydrogen-bond acceptors (Lipinski definition) is 2. The highest BCUT2D eigenvalue weighted by Gasteiger charge is 2.17. The van der Waals surface area contributed by atoms with E-state index in [4.69, 9.17) is 0 Å². The van der Waals surface area contributed by atoms with Crippen molar-refractivity contribution in [3.05, 3.63) is 66.3 Å². The topological polar surface area (TPSA) is 71.4 Å². The van der Waals surface area contributed by atoms with Crippen LogP contribution in [-0.2, 0) is 0 Å². The number of hydrogen-bond donors (Lipinski definition) is 2. The van der Waals surface area contributed by atoms with Crippen LogP contribution in [0.2, 0.25) is 0 Å². The average Bonchev–Trinajstić information content (AvgIpc) is 3.15. The van der Waals surface area contributed by atoms with E-state index in [-0.39, 0.29) is 0 Å². The van der Waals surface area contributed by atoms with Gasteiger partial charge in [-0.2, -0.15) is 5.10 Å². The van der Waals surface area contributed by atoms with Crippen LogP contribution in [0.5, 0.6) is 0 Å². The number of nitrogens with one attached hydrogen (secondary N) is 2. The number of aromatic nitrogens is 4. The van der Waals surface area contributed by atoms with Gasteiger partial charge in [-0.05, 0) is 17.7 Å². The number of rotatable bonds is 2. The van der Waals surface area contributed by atoms with Gasteiger partial charge in [-0.3, -0.25) is 5.10 Å². The molecule has 0 saturated heterocycles. The fourth-order valence-corrected chi connectivity index (χ4v) is 2.60. The second kappa shape index (κ2) is 4.49. The van der Waals surface area contributed by atoms with Crippen molar-refractivity contribution in [2.45, 2.75) is 0 Å². The van der Waals surface area contributed by atoms with Crippen LogP contribution in [0.3, 0.4) is 0 Å². The summed E-state index contributed by atoms with van der Waals surface area (Å²) in [5, 5.41) is 19.8. The van der Waals surface area contributed by atoms with Crippen LogP contribution in [0.25, 0.3) is 33.4 Å². The van der Waals surface area contributed by atoms with Gasteiger partial charge in [0.05, 0.1) is 35.2 Å². The van der Waals surface area contributed by atoms with E-state index < -0.39 is 0 Å². The Morgan fingerprint density at radius 2 is 1.86 bits per heavy atom. The minimum absolute atomic E-state index is 0.543. The molecule has 5 nitrogen and oxygen atoms in total. The molecule has 102 valence electrons. The molecule has 4 aromatic rings. The summed E-state index contributed by atoms with van der Waals surface area (Å²) in [4.78, 5) is 3.03. The number of benzene rings is 1. The Morgan fingerprint density at radius 3 is 2.71 bits per heavy atom. The summed E-state index contributed by atoms with van der Waals surface area (Å²) in [6.07, 6.45) is 5.12. The third-order valence-electron chi connectivity index (χ3n) is 3.60. The normalized spacial score (nSPS) is 11.0. The van der Waals surface area contributed by atoms with Crippen molar-refractivity contribution in [1.29, 1.82) is 0 Å². The number of nitrogens with zero attached hydrogens (tertiary/aromatic N) is 2. The highest BCUT2D eigenvalue weighted by Crippen LogP contribution is 2.33. The minimum Gasteiger partial charge on any atom is -0.711 e. The van der Waals surface area contributed by atoms with Crippen LogP contribution >= 0.6 is 0 Å². The molecule has 0 amide bonds. The van der Waals surface area contributed by atoms with Crippen molar-refractivity contribution in [2.24, 2.45) is 0 Å². The zero-order chi connectivity index (χ0) is 14.2. The maximum atomic E-state index is 11.8. The lowest BCUT2D eigenvalue weighted by Gasteiger charge is -2.03. The van der Waals surface area contributed by atoms with E-state index in [0.29, 0.717) is 5.65 Å². The summed E-state index contributed by atoms with van der Waals surface area (Å²) >= 11 is 0. The van der Waals surface area contributed by atoms with Crippen LogP contribution in [0.15, 0.2) is 61.1 Å². The molecular weight excluding hydrogens is 264 g/mol. The second-order valence-corrected chi connectivity index (χ2v) is 4.82. The summed E-state index contributed by atoms with van der Waals surface area (Å²) in [7, 11) is 0. The summed E-state index contributed by atoms with van der Waals surface area (Å²) < 4.78 is 0.831. The third kappa shape index (κ3) is 1.79. The molecule has 0 bridgehead atoms. The van der Waals surface area contributed by atoms with Gasteiger partial charge in [0.1, 0.15) is 0 Å². The summed E-state index contributed by atoms with van der Waals surface area (Å²) in [6.45, 7) is 0. The van der Waals surface area contributed by atoms with Crippen LogP contribution in [0.1, 0.15) is 0 Å². The van der Waals surface area contributed by atoms with Crippen molar-refractivity contribution >= 4 is 11.0 Å². The molecule has 0 fully saturated rings. The molecule has 0 atom stereocenters. The lowest BCUT2D eigenvalue weighted by Crippen LogP contribution is -2.25. The van der Waals surface area contributed by atoms with Gasteiger partial charge in [0.15, 0.2) is 0 Å². The minimum atomic E-state index is 0.543. The smallest absolute Gasteiger partial charge is 0.290 e. The van der Waals surface area contributed by atoms with E-state index >= 15 is 0 Å². The predicted octanol–water partition coefficient (Wildman–Crippen LogP) is 2.86. The van der Waals surface area contributed by atoms with E-state index in [2.05, 4.69) is 15.2 Å². The SMILES string of the molecule is [O-][n+]1cccc2c(-c3[nH]ncc3-c3ccccc3)c[nH]c21. The number of pyridine rings is 1. The lowest BCUT2D eigenvalue weighted by atomic mass is 10.0. The number of aromatic amines is 2. The standard InChI is InChI=1S/C16H12N4O/c21-20-8-4-7-12-14(9-17-16(12)20)15-13(10-18-19-15)11-5-2-1-3-6-11/h1-10,17H,(H,18,19). The number of fused-ring (bicyclic) bond motifs is 1. The summed E-state index contributed by atoms with van der Waals surface area (Å²) in [5.74, 6) is 0. The van der Waals surface area contributed by atoms with E-state index in [0.717, 1.165) is 32.5 Å². The van der Waals surface area contributed by atoms with Crippen molar-refractivity contribution in [3.8, 4) is 22.4 Å². The van der Waals surface area contributed by atoms with Crippen LogP contribution in [0, 0.1) is 5.21 Å². The predicted molar refractivity (Wildman–Crippen MR) is 80.3 cm³/mol. The van der Waals surface area contributed by atoms with Crippen molar-refractivity contribution in [3.63, 3.8) is 0 Å². The first kappa shape index (κ1) is 11.7. The van der Waals surface area contributed by atoms with Crippen LogP contribution < -0.4 is 4.73 Å². The molecular formula is C16H12N4O. The molecule has 0 aliphatic rings. The highest BCUT2D eigenvalue weighted by atomic mass is 16.5. The Bertz CT molecular complexity index is 908. The van der Waals surface area contributed by atoms with E-state index in [1.54, 1.807) is 12.3 Å². The van der Waals surface area contributed by atoms with Crippen molar-refractivity contribution < 1.29 is 4.73 Å². The zero-order valence-electron chi connectivity index (χ0n) is 11.1. The van der Waals surface area contributed by atoms with E-state index in [9.17, 15) is 5.21 Å². The Hall–Kier alpha value is -3.08. The second-order valence-electron chi connectivity index (χ2n) is 4.82. The first-order valence-electron chi connectivity index (χ1n) is 6.63. The Kier molecular flexibility index (Phi) is 2.50. The third-order valence-corrected chi connectivity index (χ3v) is 3.60. The van der Waals surface area contributed by atoms with Crippen molar-refractivity contribution in [2.75, 3.05) is 0 Å². The van der Waals surface area contributed by atoms with Gasteiger partial charge in [-0.1, -0.05) is 30.3 Å². The molecule has 0 unspecified atom stereocenters. The van der Waals surface area contributed by atoms with Gasteiger partial charge in [0.25, 0.3) is 5.65 Å². The maximum Gasteiger partial charge on any atom is 0.290 e. The molecule has 4 rings (SSSR count). The average molecular weight is 276 g/mol. The molecule has 0 saturated carbocycles. The van der Waals surface area contributed by atoms with Gasteiger partial charge >= 0.3 is 0 Å².